The number of ether oxygens (including phenoxy) is 2. The highest BCUT2D eigenvalue weighted by atomic mass is 16.5. The molecule has 1 unspecified atom stereocenters. The van der Waals surface area contributed by atoms with E-state index < -0.39 is 0 Å². The van der Waals surface area contributed by atoms with Crippen molar-refractivity contribution in [2.24, 2.45) is 28.6 Å². The summed E-state index contributed by atoms with van der Waals surface area (Å²) in [5, 5.41) is 0. The second-order valence-corrected chi connectivity index (χ2v) is 11.2. The number of fused-ring (bicyclic) bond motifs is 5. The van der Waals surface area contributed by atoms with E-state index >= 15 is 0 Å². The van der Waals surface area contributed by atoms with Crippen LogP contribution in [-0.4, -0.2) is 55.6 Å². The van der Waals surface area contributed by atoms with Crippen LogP contribution in [-0.2, 0) is 19.1 Å². The average Bonchev–Trinajstić information content (AvgIpc) is 3.08. The first-order valence-electron chi connectivity index (χ1n) is 12.6. The molecule has 0 aromatic carbocycles. The average molecular weight is 430 g/mol. The maximum atomic E-state index is 12.6. The molecule has 0 amide bonds. The van der Waals surface area contributed by atoms with Crippen molar-refractivity contribution in [1.82, 2.24) is 4.90 Å². The lowest BCUT2D eigenvalue weighted by Crippen LogP contribution is -2.50. The van der Waals surface area contributed by atoms with Crippen LogP contribution in [0.25, 0.3) is 0 Å². The van der Waals surface area contributed by atoms with Crippen LogP contribution in [0.1, 0.15) is 71.6 Å². The van der Waals surface area contributed by atoms with Gasteiger partial charge in [0.25, 0.3) is 0 Å². The molecule has 3 saturated carbocycles. The van der Waals surface area contributed by atoms with Crippen molar-refractivity contribution >= 4 is 11.8 Å². The van der Waals surface area contributed by atoms with Gasteiger partial charge < -0.3 is 9.47 Å². The molecule has 1 aliphatic heterocycles. The Morgan fingerprint density at radius 2 is 1.87 bits per heavy atom. The van der Waals surface area contributed by atoms with Gasteiger partial charge in [-0.15, -0.1) is 0 Å². The molecule has 4 aliphatic carbocycles. The standard InChI is InChI=1S/C26H39NO4/c1-25-10-7-19(31-24(29)9-12-27-13-15-30-16-14-27)17-18(25)3-4-20-21-5-6-23(28)26(21,2)11-8-22(20)25/h3,19-22H,4-17H2,1-2H3/t19?,20-,21-,22-,25-,26-/m0/s1. The van der Waals surface area contributed by atoms with Crippen LogP contribution in [0.15, 0.2) is 11.6 Å². The van der Waals surface area contributed by atoms with Gasteiger partial charge in [-0.1, -0.05) is 25.5 Å². The summed E-state index contributed by atoms with van der Waals surface area (Å²) in [6.45, 7) is 8.84. The number of carbonyl (C=O) groups excluding carboxylic acids is 2. The lowest BCUT2D eigenvalue weighted by atomic mass is 9.48. The van der Waals surface area contributed by atoms with Gasteiger partial charge in [0, 0.05) is 37.9 Å². The first kappa shape index (κ1) is 21.6. The van der Waals surface area contributed by atoms with Gasteiger partial charge in [0.1, 0.15) is 11.9 Å². The minimum atomic E-state index is -0.0594. The number of allylic oxidation sites excluding steroid dienone is 1. The Morgan fingerprint density at radius 1 is 1.13 bits per heavy atom. The van der Waals surface area contributed by atoms with Crippen molar-refractivity contribution in [3.63, 3.8) is 0 Å². The molecule has 0 N–H and O–H groups in total. The smallest absolute Gasteiger partial charge is 0.307 e. The van der Waals surface area contributed by atoms with Gasteiger partial charge in [-0.3, -0.25) is 14.5 Å². The molecule has 0 spiro atoms. The second kappa shape index (κ2) is 8.30. The van der Waals surface area contributed by atoms with Crippen molar-refractivity contribution in [2.75, 3.05) is 32.8 Å². The van der Waals surface area contributed by atoms with Crippen LogP contribution in [0.4, 0.5) is 0 Å². The van der Waals surface area contributed by atoms with Gasteiger partial charge in [0.2, 0.25) is 0 Å². The van der Waals surface area contributed by atoms with Gasteiger partial charge in [-0.25, -0.2) is 0 Å². The SMILES string of the molecule is C[C@]12CCC(OC(=O)CCN3CCOCC3)CC1=CC[C@@H]1[C@@H]2CC[C@]2(C)C(=O)CC[C@@H]12. The number of rotatable bonds is 4. The first-order valence-corrected chi connectivity index (χ1v) is 12.6. The summed E-state index contributed by atoms with van der Waals surface area (Å²) in [5.74, 6) is 2.39. The van der Waals surface area contributed by atoms with Crippen molar-refractivity contribution < 1.29 is 19.1 Å². The third-order valence-electron chi connectivity index (χ3n) is 9.80. The lowest BCUT2D eigenvalue weighted by molar-refractivity contribution is -0.152. The number of morpholine rings is 1. The molecule has 0 radical (unpaired) electrons. The molecule has 6 atom stereocenters. The van der Waals surface area contributed by atoms with Crippen molar-refractivity contribution in [3.05, 3.63) is 11.6 Å². The molecular formula is C26H39NO4. The predicted octanol–water partition coefficient (Wildman–Crippen LogP) is 4.15. The quantitative estimate of drug-likeness (QED) is 0.496. The normalized spacial score (nSPS) is 42.9. The van der Waals surface area contributed by atoms with E-state index in [4.69, 9.17) is 9.47 Å². The second-order valence-electron chi connectivity index (χ2n) is 11.2. The third-order valence-corrected chi connectivity index (χ3v) is 9.80. The van der Waals surface area contributed by atoms with E-state index in [2.05, 4.69) is 24.8 Å². The van der Waals surface area contributed by atoms with Gasteiger partial charge >= 0.3 is 5.97 Å². The molecule has 1 saturated heterocycles. The molecule has 1 heterocycles. The zero-order valence-electron chi connectivity index (χ0n) is 19.4. The van der Waals surface area contributed by atoms with E-state index in [-0.39, 0.29) is 22.9 Å². The van der Waals surface area contributed by atoms with Gasteiger partial charge in [-0.2, -0.15) is 0 Å². The number of Topliss-reactive ketones (excluding diaryl/α,β-unsaturated/α-hetero) is 1. The largest absolute Gasteiger partial charge is 0.462 e. The number of carbonyl (C=O) groups is 2. The Balaban J connectivity index is 1.20. The number of nitrogens with zero attached hydrogens (tertiary/aromatic N) is 1. The fraction of sp³-hybridized carbons (Fsp3) is 0.846. The number of ketones is 1. The van der Waals surface area contributed by atoms with E-state index in [9.17, 15) is 9.59 Å². The van der Waals surface area contributed by atoms with Crippen molar-refractivity contribution in [2.45, 2.75) is 77.7 Å². The highest BCUT2D eigenvalue weighted by Gasteiger charge is 2.58. The number of hydrogen-bond donors (Lipinski definition) is 0. The molecule has 5 nitrogen and oxygen atoms in total. The van der Waals surface area contributed by atoms with Crippen LogP contribution < -0.4 is 0 Å². The van der Waals surface area contributed by atoms with Crippen LogP contribution in [0.5, 0.6) is 0 Å². The zero-order chi connectivity index (χ0) is 21.6. The summed E-state index contributed by atoms with van der Waals surface area (Å²) in [4.78, 5) is 27.4. The summed E-state index contributed by atoms with van der Waals surface area (Å²) < 4.78 is 11.3. The van der Waals surface area contributed by atoms with E-state index in [1.165, 1.54) is 12.0 Å². The zero-order valence-corrected chi connectivity index (χ0v) is 19.4. The maximum absolute atomic E-state index is 12.6. The van der Waals surface area contributed by atoms with Gasteiger partial charge in [0.05, 0.1) is 19.6 Å². The van der Waals surface area contributed by atoms with Crippen LogP contribution in [0, 0.1) is 28.6 Å². The lowest BCUT2D eigenvalue weighted by Gasteiger charge is -2.56. The summed E-state index contributed by atoms with van der Waals surface area (Å²) in [5.41, 5.74) is 1.70. The van der Waals surface area contributed by atoms with E-state index in [1.807, 2.05) is 0 Å². The molecule has 5 heteroatoms. The third kappa shape index (κ3) is 3.80. The first-order chi connectivity index (χ1) is 14.9. The molecule has 5 aliphatic rings. The van der Waals surface area contributed by atoms with E-state index in [0.717, 1.165) is 77.8 Å². The monoisotopic (exact) mass is 429 g/mol. The number of esters is 1. The Labute approximate surface area is 186 Å². The maximum Gasteiger partial charge on any atom is 0.307 e. The minimum absolute atomic E-state index is 0.0370. The van der Waals surface area contributed by atoms with Gasteiger partial charge in [0.15, 0.2) is 0 Å². The summed E-state index contributed by atoms with van der Waals surface area (Å²) in [7, 11) is 0. The van der Waals surface area contributed by atoms with Gasteiger partial charge in [-0.05, 0) is 61.7 Å². The topological polar surface area (TPSA) is 55.8 Å². The Morgan fingerprint density at radius 3 is 2.68 bits per heavy atom. The molecule has 0 bridgehead atoms. The summed E-state index contributed by atoms with van der Waals surface area (Å²) >= 11 is 0. The molecule has 31 heavy (non-hydrogen) atoms. The minimum Gasteiger partial charge on any atom is -0.462 e. The number of hydrogen-bond acceptors (Lipinski definition) is 5. The molecular weight excluding hydrogens is 390 g/mol. The molecule has 5 rings (SSSR count). The van der Waals surface area contributed by atoms with E-state index in [0.29, 0.717) is 30.0 Å². The van der Waals surface area contributed by atoms with E-state index in [1.54, 1.807) is 0 Å². The highest BCUT2D eigenvalue weighted by molar-refractivity contribution is 5.87. The Hall–Kier alpha value is -1.20. The molecule has 172 valence electrons. The fourth-order valence-corrected chi connectivity index (χ4v) is 7.82. The van der Waals surface area contributed by atoms with Crippen LogP contribution in [0.2, 0.25) is 0 Å². The van der Waals surface area contributed by atoms with Crippen LogP contribution >= 0.6 is 0 Å². The van der Waals surface area contributed by atoms with Crippen LogP contribution in [0.3, 0.4) is 0 Å². The molecule has 0 aromatic rings. The predicted molar refractivity (Wildman–Crippen MR) is 118 cm³/mol. The van der Waals surface area contributed by atoms with Crippen molar-refractivity contribution in [1.29, 1.82) is 0 Å². The summed E-state index contributed by atoms with van der Waals surface area (Å²) in [6.07, 6.45) is 11.2. The highest BCUT2D eigenvalue weighted by Crippen LogP contribution is 2.64. The summed E-state index contributed by atoms with van der Waals surface area (Å²) in [6, 6.07) is 0. The Kier molecular flexibility index (Phi) is 5.79. The Bertz CT molecular complexity index is 757. The molecule has 0 aromatic heterocycles. The molecule has 4 fully saturated rings. The van der Waals surface area contributed by atoms with Crippen molar-refractivity contribution in [3.8, 4) is 0 Å². The fourth-order valence-electron chi connectivity index (χ4n) is 7.82.